The molecule has 2 atom stereocenters. The van der Waals surface area contributed by atoms with Gasteiger partial charge in [0.15, 0.2) is 5.76 Å². The average molecular weight is 339 g/mol. The standard InChI is InChI=1S/C20H25N3O2/c1-23-13-16(12-21-11-14-5-4-7-17(24)9-14)20(22-23)19-10-15-6-2-3-8-18(15)25-19/h2-3,6,8,10,13-14,17,21,24H,4-5,7,9,11-12H2,1H3. The van der Waals surface area contributed by atoms with Crippen molar-refractivity contribution < 1.29 is 9.52 Å². The highest BCUT2D eigenvalue weighted by atomic mass is 16.3. The second-order valence-electron chi connectivity index (χ2n) is 7.14. The Labute approximate surface area is 147 Å². The van der Waals surface area contributed by atoms with Gasteiger partial charge < -0.3 is 14.8 Å². The number of fused-ring (bicyclic) bond motifs is 1. The average Bonchev–Trinajstić information content (AvgIpc) is 3.18. The molecule has 2 aromatic heterocycles. The van der Waals surface area contributed by atoms with E-state index in [1.54, 1.807) is 0 Å². The van der Waals surface area contributed by atoms with E-state index in [-0.39, 0.29) is 6.10 Å². The topological polar surface area (TPSA) is 63.2 Å². The van der Waals surface area contributed by atoms with E-state index in [2.05, 4.69) is 22.5 Å². The first kappa shape index (κ1) is 16.4. The fourth-order valence-corrected chi connectivity index (χ4v) is 3.83. The van der Waals surface area contributed by atoms with Gasteiger partial charge in [0.05, 0.1) is 6.10 Å². The lowest BCUT2D eigenvalue weighted by molar-refractivity contribution is 0.101. The summed E-state index contributed by atoms with van der Waals surface area (Å²) in [6.45, 7) is 1.69. The monoisotopic (exact) mass is 339 g/mol. The van der Waals surface area contributed by atoms with E-state index in [1.165, 1.54) is 6.42 Å². The van der Waals surface area contributed by atoms with Gasteiger partial charge in [-0.15, -0.1) is 0 Å². The Morgan fingerprint density at radius 1 is 1.32 bits per heavy atom. The van der Waals surface area contributed by atoms with Gasteiger partial charge in [0.25, 0.3) is 0 Å². The molecule has 25 heavy (non-hydrogen) atoms. The van der Waals surface area contributed by atoms with Crippen LogP contribution in [0.3, 0.4) is 0 Å². The molecule has 0 bridgehead atoms. The molecule has 0 amide bonds. The van der Waals surface area contributed by atoms with Gasteiger partial charge in [0.2, 0.25) is 0 Å². The summed E-state index contributed by atoms with van der Waals surface area (Å²) in [6, 6.07) is 10.1. The summed E-state index contributed by atoms with van der Waals surface area (Å²) in [5.74, 6) is 1.38. The lowest BCUT2D eigenvalue weighted by Crippen LogP contribution is -2.28. The molecule has 5 nitrogen and oxygen atoms in total. The van der Waals surface area contributed by atoms with E-state index >= 15 is 0 Å². The Hall–Kier alpha value is -2.11. The molecule has 0 saturated heterocycles. The summed E-state index contributed by atoms with van der Waals surface area (Å²) in [7, 11) is 1.94. The SMILES string of the molecule is Cn1cc(CNCC2CCCC(O)C2)c(-c2cc3ccccc3o2)n1. The molecule has 1 aliphatic carbocycles. The quantitative estimate of drug-likeness (QED) is 0.747. The molecule has 1 saturated carbocycles. The van der Waals surface area contributed by atoms with Gasteiger partial charge in [0, 0.05) is 30.7 Å². The minimum atomic E-state index is -0.120. The summed E-state index contributed by atoms with van der Waals surface area (Å²) >= 11 is 0. The van der Waals surface area contributed by atoms with Gasteiger partial charge in [-0.05, 0) is 43.9 Å². The Bertz CT molecular complexity index is 819. The van der Waals surface area contributed by atoms with E-state index < -0.39 is 0 Å². The van der Waals surface area contributed by atoms with Crippen LogP contribution in [0.5, 0.6) is 0 Å². The molecular weight excluding hydrogens is 314 g/mol. The maximum atomic E-state index is 9.81. The third-order valence-electron chi connectivity index (χ3n) is 5.07. The van der Waals surface area contributed by atoms with E-state index in [9.17, 15) is 5.11 Å². The van der Waals surface area contributed by atoms with Crippen LogP contribution < -0.4 is 5.32 Å². The molecule has 132 valence electrons. The number of benzene rings is 1. The first-order valence-electron chi connectivity index (χ1n) is 9.09. The number of aliphatic hydroxyl groups excluding tert-OH is 1. The second-order valence-corrected chi connectivity index (χ2v) is 7.14. The summed E-state index contributed by atoms with van der Waals surface area (Å²) in [4.78, 5) is 0. The molecule has 2 unspecified atom stereocenters. The van der Waals surface area contributed by atoms with Crippen LogP contribution in [0.1, 0.15) is 31.2 Å². The number of hydrogen-bond donors (Lipinski definition) is 2. The van der Waals surface area contributed by atoms with Crippen LogP contribution in [0.15, 0.2) is 40.9 Å². The van der Waals surface area contributed by atoms with Crippen LogP contribution in [-0.4, -0.2) is 27.5 Å². The molecular formula is C20H25N3O2. The van der Waals surface area contributed by atoms with Crippen LogP contribution in [-0.2, 0) is 13.6 Å². The first-order valence-corrected chi connectivity index (χ1v) is 9.09. The number of aromatic nitrogens is 2. The number of nitrogens with one attached hydrogen (secondary N) is 1. The van der Waals surface area contributed by atoms with Crippen molar-refractivity contribution >= 4 is 11.0 Å². The molecule has 2 heterocycles. The number of aliphatic hydroxyl groups is 1. The van der Waals surface area contributed by atoms with Crippen LogP contribution in [0, 0.1) is 5.92 Å². The van der Waals surface area contributed by atoms with Crippen molar-refractivity contribution in [2.75, 3.05) is 6.54 Å². The number of hydrogen-bond acceptors (Lipinski definition) is 4. The number of rotatable bonds is 5. The highest BCUT2D eigenvalue weighted by Crippen LogP contribution is 2.29. The first-order chi connectivity index (χ1) is 12.2. The molecule has 1 aromatic carbocycles. The smallest absolute Gasteiger partial charge is 0.156 e. The highest BCUT2D eigenvalue weighted by molar-refractivity contribution is 5.82. The fraction of sp³-hybridized carbons (Fsp3) is 0.450. The van der Waals surface area contributed by atoms with Crippen molar-refractivity contribution in [2.45, 2.75) is 38.3 Å². The van der Waals surface area contributed by atoms with E-state index in [0.717, 1.165) is 60.3 Å². The van der Waals surface area contributed by atoms with Gasteiger partial charge >= 0.3 is 0 Å². The highest BCUT2D eigenvalue weighted by Gasteiger charge is 2.20. The van der Waals surface area contributed by atoms with Gasteiger partial charge in [0.1, 0.15) is 11.3 Å². The molecule has 0 spiro atoms. The number of furan rings is 1. The third-order valence-corrected chi connectivity index (χ3v) is 5.07. The van der Waals surface area contributed by atoms with E-state index in [4.69, 9.17) is 4.42 Å². The van der Waals surface area contributed by atoms with Crippen molar-refractivity contribution in [1.82, 2.24) is 15.1 Å². The van der Waals surface area contributed by atoms with Crippen LogP contribution >= 0.6 is 0 Å². The molecule has 5 heteroatoms. The van der Waals surface area contributed by atoms with Gasteiger partial charge in [-0.3, -0.25) is 4.68 Å². The molecule has 2 N–H and O–H groups in total. The minimum Gasteiger partial charge on any atom is -0.454 e. The summed E-state index contributed by atoms with van der Waals surface area (Å²) in [5.41, 5.74) is 2.92. The Balaban J connectivity index is 1.47. The predicted octanol–water partition coefficient (Wildman–Crippen LogP) is 3.47. The largest absolute Gasteiger partial charge is 0.454 e. The third kappa shape index (κ3) is 3.62. The Morgan fingerprint density at radius 2 is 2.20 bits per heavy atom. The van der Waals surface area contributed by atoms with Gasteiger partial charge in [-0.25, -0.2) is 0 Å². The molecule has 4 rings (SSSR count). The van der Waals surface area contributed by atoms with Crippen molar-refractivity contribution in [3.63, 3.8) is 0 Å². The van der Waals surface area contributed by atoms with Crippen LogP contribution in [0.25, 0.3) is 22.4 Å². The zero-order valence-corrected chi connectivity index (χ0v) is 14.6. The zero-order chi connectivity index (χ0) is 17.2. The van der Waals surface area contributed by atoms with Crippen molar-refractivity contribution in [3.05, 3.63) is 42.1 Å². The van der Waals surface area contributed by atoms with Crippen LogP contribution in [0.2, 0.25) is 0 Å². The van der Waals surface area contributed by atoms with Crippen molar-refractivity contribution in [2.24, 2.45) is 13.0 Å². The van der Waals surface area contributed by atoms with Gasteiger partial charge in [-0.2, -0.15) is 5.10 Å². The summed E-state index contributed by atoms with van der Waals surface area (Å²) < 4.78 is 7.82. The minimum absolute atomic E-state index is 0.120. The molecule has 1 aliphatic rings. The lowest BCUT2D eigenvalue weighted by atomic mass is 9.87. The number of aryl methyl sites for hydroxylation is 1. The summed E-state index contributed by atoms with van der Waals surface area (Å²) in [5, 5.41) is 19.0. The normalized spacial score (nSPS) is 21.0. The zero-order valence-electron chi connectivity index (χ0n) is 14.6. The summed E-state index contributed by atoms with van der Waals surface area (Å²) in [6.07, 6.45) is 6.12. The van der Waals surface area contributed by atoms with Crippen LogP contribution in [0.4, 0.5) is 0 Å². The Morgan fingerprint density at radius 3 is 3.04 bits per heavy atom. The lowest BCUT2D eigenvalue weighted by Gasteiger charge is -2.25. The molecule has 0 aliphatic heterocycles. The van der Waals surface area contributed by atoms with E-state index in [0.29, 0.717) is 5.92 Å². The van der Waals surface area contributed by atoms with Crippen molar-refractivity contribution in [3.8, 4) is 11.5 Å². The van der Waals surface area contributed by atoms with E-state index in [1.807, 2.05) is 36.1 Å². The van der Waals surface area contributed by atoms with Gasteiger partial charge in [-0.1, -0.05) is 24.6 Å². The predicted molar refractivity (Wildman–Crippen MR) is 98.1 cm³/mol. The van der Waals surface area contributed by atoms with Crippen molar-refractivity contribution in [1.29, 1.82) is 0 Å². The molecule has 3 aromatic rings. The fourth-order valence-electron chi connectivity index (χ4n) is 3.83. The number of para-hydroxylation sites is 1. The Kier molecular flexibility index (Phi) is 4.59. The maximum absolute atomic E-state index is 9.81. The maximum Gasteiger partial charge on any atom is 0.156 e. The second kappa shape index (κ2) is 7.02. The molecule has 1 fully saturated rings. The molecule has 0 radical (unpaired) electrons. The number of nitrogens with zero attached hydrogens (tertiary/aromatic N) is 2.